The van der Waals surface area contributed by atoms with E-state index >= 15 is 0 Å². The zero-order valence-electron chi connectivity index (χ0n) is 16.3. The van der Waals surface area contributed by atoms with Gasteiger partial charge in [0.2, 0.25) is 6.79 Å². The number of benzene rings is 2. The van der Waals surface area contributed by atoms with Crippen molar-refractivity contribution in [3.63, 3.8) is 0 Å². The standard InChI is InChI=1S/C21H14N4O6S/c26-21(27)18-14(19-23-9-12-3-4-32-20(12)24-19)6-13(7-15(18)25(28)29)22-8-11-1-2-16-17(5-11)31-10-30-16/h1-7,9,22H,8,10H2,(H,26,27). The van der Waals surface area contributed by atoms with Crippen molar-refractivity contribution in [2.75, 3.05) is 12.1 Å². The van der Waals surface area contributed by atoms with Gasteiger partial charge >= 0.3 is 5.97 Å². The van der Waals surface area contributed by atoms with Crippen LogP contribution in [0.2, 0.25) is 0 Å². The molecule has 1 aliphatic rings. The Morgan fingerprint density at radius 2 is 2.06 bits per heavy atom. The summed E-state index contributed by atoms with van der Waals surface area (Å²) in [6.07, 6.45) is 1.57. The third-order valence-electron chi connectivity index (χ3n) is 4.91. The molecular formula is C21H14N4O6S. The Morgan fingerprint density at radius 3 is 2.88 bits per heavy atom. The van der Waals surface area contributed by atoms with Gasteiger partial charge < -0.3 is 19.9 Å². The molecule has 32 heavy (non-hydrogen) atoms. The minimum absolute atomic E-state index is 0.0650. The van der Waals surface area contributed by atoms with Gasteiger partial charge in [0.25, 0.3) is 5.69 Å². The van der Waals surface area contributed by atoms with Crippen molar-refractivity contribution in [3.05, 3.63) is 69.2 Å². The van der Waals surface area contributed by atoms with Crippen molar-refractivity contribution in [2.45, 2.75) is 6.54 Å². The summed E-state index contributed by atoms with van der Waals surface area (Å²) < 4.78 is 10.7. The third-order valence-corrected chi connectivity index (χ3v) is 5.73. The lowest BCUT2D eigenvalue weighted by Gasteiger charge is -2.12. The number of hydrogen-bond acceptors (Lipinski definition) is 9. The van der Waals surface area contributed by atoms with E-state index in [-0.39, 0.29) is 18.2 Å². The number of hydrogen-bond donors (Lipinski definition) is 2. The molecular weight excluding hydrogens is 436 g/mol. The SMILES string of the molecule is O=C(O)c1c(-c2ncc3ccsc3n2)cc(NCc2ccc3c(c2)OCO3)cc1[N+](=O)[O-]. The summed E-state index contributed by atoms with van der Waals surface area (Å²) in [7, 11) is 0. The van der Waals surface area contributed by atoms with Gasteiger partial charge in [0.15, 0.2) is 17.3 Å². The van der Waals surface area contributed by atoms with Crippen LogP contribution in [0.4, 0.5) is 11.4 Å². The maximum absolute atomic E-state index is 11.9. The maximum Gasteiger partial charge on any atom is 0.343 e. The average molecular weight is 450 g/mol. The van der Waals surface area contributed by atoms with Gasteiger partial charge in [0.1, 0.15) is 10.4 Å². The molecule has 3 heterocycles. The number of fused-ring (bicyclic) bond motifs is 2. The molecule has 11 heteroatoms. The molecule has 5 rings (SSSR count). The second-order valence-electron chi connectivity index (χ2n) is 6.90. The first-order valence-corrected chi connectivity index (χ1v) is 10.3. The van der Waals surface area contributed by atoms with Crippen LogP contribution in [0, 0.1) is 10.1 Å². The number of rotatable bonds is 6. The summed E-state index contributed by atoms with van der Waals surface area (Å²) in [6.45, 7) is 0.484. The Hall–Kier alpha value is -4.25. The van der Waals surface area contributed by atoms with E-state index in [1.54, 1.807) is 12.3 Å². The molecule has 4 aromatic rings. The van der Waals surface area contributed by atoms with Crippen molar-refractivity contribution in [1.29, 1.82) is 0 Å². The van der Waals surface area contributed by atoms with Crippen LogP contribution >= 0.6 is 11.3 Å². The average Bonchev–Trinajstić information content (AvgIpc) is 3.45. The summed E-state index contributed by atoms with van der Waals surface area (Å²) in [5, 5.41) is 27.2. The molecule has 0 saturated heterocycles. The van der Waals surface area contributed by atoms with Crippen LogP contribution in [0.15, 0.2) is 48.0 Å². The van der Waals surface area contributed by atoms with Crippen LogP contribution in [0.1, 0.15) is 15.9 Å². The fourth-order valence-electron chi connectivity index (χ4n) is 3.41. The highest BCUT2D eigenvalue weighted by molar-refractivity contribution is 7.16. The summed E-state index contributed by atoms with van der Waals surface area (Å²) in [5.41, 5.74) is 0.286. The van der Waals surface area contributed by atoms with Gasteiger partial charge in [-0.25, -0.2) is 14.8 Å². The van der Waals surface area contributed by atoms with E-state index in [0.29, 0.717) is 28.6 Å². The third kappa shape index (κ3) is 3.54. The lowest BCUT2D eigenvalue weighted by molar-refractivity contribution is -0.385. The highest BCUT2D eigenvalue weighted by Gasteiger charge is 2.27. The zero-order valence-corrected chi connectivity index (χ0v) is 17.1. The molecule has 0 radical (unpaired) electrons. The predicted octanol–water partition coefficient (Wildman–Crippen LogP) is 4.31. The molecule has 0 saturated carbocycles. The Kier molecular flexibility index (Phi) is 4.79. The Labute approximate surface area is 184 Å². The van der Waals surface area contributed by atoms with Crippen molar-refractivity contribution in [3.8, 4) is 22.9 Å². The van der Waals surface area contributed by atoms with Gasteiger partial charge in [-0.15, -0.1) is 11.3 Å². The molecule has 0 aliphatic carbocycles. The molecule has 0 atom stereocenters. The van der Waals surface area contributed by atoms with Crippen LogP contribution in [-0.4, -0.2) is 32.8 Å². The van der Waals surface area contributed by atoms with Gasteiger partial charge in [0.05, 0.1) is 4.92 Å². The number of thiophene rings is 1. The molecule has 0 amide bonds. The molecule has 0 spiro atoms. The predicted molar refractivity (Wildman–Crippen MR) is 116 cm³/mol. The fourth-order valence-corrected chi connectivity index (χ4v) is 4.15. The molecule has 0 bridgehead atoms. The quantitative estimate of drug-likeness (QED) is 0.325. The van der Waals surface area contributed by atoms with E-state index in [4.69, 9.17) is 9.47 Å². The van der Waals surface area contributed by atoms with Gasteiger partial charge in [-0.1, -0.05) is 6.07 Å². The lowest BCUT2D eigenvalue weighted by Crippen LogP contribution is -2.08. The number of carbonyl (C=O) groups is 1. The second-order valence-corrected chi connectivity index (χ2v) is 7.79. The molecule has 2 aromatic heterocycles. The fraction of sp³-hybridized carbons (Fsp3) is 0.0952. The van der Waals surface area contributed by atoms with E-state index in [9.17, 15) is 20.0 Å². The topological polar surface area (TPSA) is 137 Å². The number of aromatic nitrogens is 2. The summed E-state index contributed by atoms with van der Waals surface area (Å²) in [6, 6.07) is 9.99. The lowest BCUT2D eigenvalue weighted by atomic mass is 10.0. The number of carboxylic acids is 1. The Bertz CT molecular complexity index is 1390. The molecule has 2 aromatic carbocycles. The molecule has 2 N–H and O–H groups in total. The molecule has 1 aliphatic heterocycles. The van der Waals surface area contributed by atoms with E-state index in [1.807, 2.05) is 23.6 Å². The number of nitrogens with zero attached hydrogens (tertiary/aromatic N) is 3. The van der Waals surface area contributed by atoms with Crippen LogP contribution in [0.25, 0.3) is 21.6 Å². The first-order valence-electron chi connectivity index (χ1n) is 9.38. The minimum Gasteiger partial charge on any atom is -0.477 e. The van der Waals surface area contributed by atoms with E-state index in [0.717, 1.165) is 10.9 Å². The van der Waals surface area contributed by atoms with Gasteiger partial charge in [-0.2, -0.15) is 0 Å². The van der Waals surface area contributed by atoms with E-state index < -0.39 is 22.1 Å². The van der Waals surface area contributed by atoms with Crippen molar-refractivity contribution in [2.24, 2.45) is 0 Å². The van der Waals surface area contributed by atoms with E-state index in [1.165, 1.54) is 23.5 Å². The van der Waals surface area contributed by atoms with E-state index in [2.05, 4.69) is 15.3 Å². The van der Waals surface area contributed by atoms with Crippen LogP contribution in [0.5, 0.6) is 11.5 Å². The van der Waals surface area contributed by atoms with Crippen molar-refractivity contribution < 1.29 is 24.3 Å². The monoisotopic (exact) mass is 450 g/mol. The van der Waals surface area contributed by atoms with Gasteiger partial charge in [-0.3, -0.25) is 10.1 Å². The number of anilines is 1. The Morgan fingerprint density at radius 1 is 1.22 bits per heavy atom. The largest absolute Gasteiger partial charge is 0.477 e. The minimum atomic E-state index is -1.43. The number of ether oxygens (including phenoxy) is 2. The number of aromatic carboxylic acids is 1. The molecule has 0 fully saturated rings. The first-order chi connectivity index (χ1) is 15.5. The maximum atomic E-state index is 11.9. The molecule has 10 nitrogen and oxygen atoms in total. The normalized spacial score (nSPS) is 12.1. The summed E-state index contributed by atoms with van der Waals surface area (Å²) in [4.78, 5) is 32.2. The first kappa shape index (κ1) is 19.7. The van der Waals surface area contributed by atoms with Crippen LogP contribution in [0.3, 0.4) is 0 Å². The Balaban J connectivity index is 1.55. The molecule has 160 valence electrons. The molecule has 0 unspecified atom stereocenters. The van der Waals surface area contributed by atoms with Crippen molar-refractivity contribution >= 4 is 38.9 Å². The number of carboxylic acid groups (broad SMARTS) is 1. The zero-order chi connectivity index (χ0) is 22.2. The number of nitro groups is 1. The number of nitro benzene ring substituents is 1. The summed E-state index contributed by atoms with van der Waals surface area (Å²) in [5.74, 6) is -0.0514. The highest BCUT2D eigenvalue weighted by atomic mass is 32.1. The summed E-state index contributed by atoms with van der Waals surface area (Å²) >= 11 is 1.37. The number of nitrogens with one attached hydrogen (secondary N) is 1. The smallest absolute Gasteiger partial charge is 0.343 e. The van der Waals surface area contributed by atoms with Crippen LogP contribution in [-0.2, 0) is 6.54 Å². The van der Waals surface area contributed by atoms with Crippen molar-refractivity contribution in [1.82, 2.24) is 9.97 Å². The van der Waals surface area contributed by atoms with Crippen LogP contribution < -0.4 is 14.8 Å². The highest BCUT2D eigenvalue weighted by Crippen LogP contribution is 2.35. The van der Waals surface area contributed by atoms with Gasteiger partial charge in [0, 0.05) is 35.4 Å². The van der Waals surface area contributed by atoms with Gasteiger partial charge in [-0.05, 0) is 35.2 Å². The second kappa shape index (κ2) is 7.78.